The van der Waals surface area contributed by atoms with Crippen molar-refractivity contribution in [2.45, 2.75) is 31.8 Å². The van der Waals surface area contributed by atoms with E-state index in [4.69, 9.17) is 9.47 Å². The van der Waals surface area contributed by atoms with Gasteiger partial charge in [-0.05, 0) is 71.3 Å². The van der Waals surface area contributed by atoms with Gasteiger partial charge in [-0.25, -0.2) is 0 Å². The molecule has 5 rings (SSSR count). The Morgan fingerprint density at radius 3 is 2.56 bits per heavy atom. The number of methoxy groups -OCH3 is 2. The first kappa shape index (κ1) is 16.5. The van der Waals surface area contributed by atoms with Crippen LogP contribution in [0.4, 0.5) is 0 Å². The van der Waals surface area contributed by atoms with Gasteiger partial charge in [0, 0.05) is 18.0 Å². The smallest absolute Gasteiger partial charge is 0.166 e. The third-order valence-electron chi connectivity index (χ3n) is 6.26. The van der Waals surface area contributed by atoms with E-state index in [0.29, 0.717) is 17.5 Å². The molecule has 27 heavy (non-hydrogen) atoms. The second-order valence-electron chi connectivity index (χ2n) is 7.54. The van der Waals surface area contributed by atoms with E-state index in [1.807, 2.05) is 18.2 Å². The number of benzene rings is 3. The number of nitrogens with zero attached hydrogens (tertiary/aromatic N) is 1. The SMILES string of the molecule is COc1cc2c3c(c4ccc(OC)c(O)c4c2cc1O)CC1CCCN1C3. The first-order valence-corrected chi connectivity index (χ1v) is 9.40. The molecule has 0 bridgehead atoms. The summed E-state index contributed by atoms with van der Waals surface area (Å²) in [6, 6.07) is 8.04. The Kier molecular flexibility index (Phi) is 3.62. The van der Waals surface area contributed by atoms with Gasteiger partial charge in [0.1, 0.15) is 0 Å². The van der Waals surface area contributed by atoms with Crippen LogP contribution in [0.3, 0.4) is 0 Å². The molecule has 1 fully saturated rings. The Morgan fingerprint density at radius 2 is 1.78 bits per heavy atom. The monoisotopic (exact) mass is 365 g/mol. The highest BCUT2D eigenvalue weighted by Gasteiger charge is 2.33. The minimum atomic E-state index is 0.0725. The molecule has 3 aromatic rings. The second kappa shape index (κ2) is 5.92. The zero-order chi connectivity index (χ0) is 18.7. The highest BCUT2D eigenvalue weighted by molar-refractivity contribution is 6.15. The van der Waals surface area contributed by atoms with Crippen LogP contribution in [0, 0.1) is 0 Å². The number of hydrogen-bond donors (Lipinski definition) is 2. The first-order valence-electron chi connectivity index (χ1n) is 9.40. The molecular weight excluding hydrogens is 342 g/mol. The van der Waals surface area contributed by atoms with Crippen molar-refractivity contribution in [2.24, 2.45) is 0 Å². The van der Waals surface area contributed by atoms with E-state index in [0.717, 1.165) is 41.1 Å². The zero-order valence-electron chi connectivity index (χ0n) is 15.6. The van der Waals surface area contributed by atoms with Crippen molar-refractivity contribution in [3.63, 3.8) is 0 Å². The summed E-state index contributed by atoms with van der Waals surface area (Å²) < 4.78 is 10.7. The molecule has 5 heteroatoms. The lowest BCUT2D eigenvalue weighted by molar-refractivity contribution is 0.229. The van der Waals surface area contributed by atoms with Crippen LogP contribution < -0.4 is 9.47 Å². The van der Waals surface area contributed by atoms with Crippen molar-refractivity contribution in [3.05, 3.63) is 35.4 Å². The summed E-state index contributed by atoms with van der Waals surface area (Å²) in [6.07, 6.45) is 3.44. The van der Waals surface area contributed by atoms with E-state index >= 15 is 0 Å². The Hall–Kier alpha value is -2.66. The summed E-state index contributed by atoms with van der Waals surface area (Å²) in [6.45, 7) is 2.03. The lowest BCUT2D eigenvalue weighted by atomic mass is 9.85. The summed E-state index contributed by atoms with van der Waals surface area (Å²) >= 11 is 0. The lowest BCUT2D eigenvalue weighted by Gasteiger charge is -2.33. The van der Waals surface area contributed by atoms with Gasteiger partial charge in [0.15, 0.2) is 23.0 Å². The number of aromatic hydroxyl groups is 2. The van der Waals surface area contributed by atoms with Gasteiger partial charge in [-0.2, -0.15) is 0 Å². The standard InChI is InChI=1S/C22H23NO4/c1-26-19-6-5-13-14-8-12-4-3-7-23(12)11-17(14)15-10-20(27-2)18(24)9-16(15)21(13)22(19)25/h5-6,9-10,12,24-25H,3-4,7-8,11H2,1-2H3. The van der Waals surface area contributed by atoms with E-state index in [9.17, 15) is 10.2 Å². The molecule has 0 aromatic heterocycles. The molecule has 2 heterocycles. The number of rotatable bonds is 2. The molecule has 1 atom stereocenters. The molecule has 0 spiro atoms. The van der Waals surface area contributed by atoms with Crippen molar-refractivity contribution in [3.8, 4) is 23.0 Å². The Bertz CT molecular complexity index is 1080. The van der Waals surface area contributed by atoms with Crippen LogP contribution in [0.2, 0.25) is 0 Å². The Morgan fingerprint density at radius 1 is 0.963 bits per heavy atom. The molecular formula is C22H23NO4. The lowest BCUT2D eigenvalue weighted by Crippen LogP contribution is -2.35. The van der Waals surface area contributed by atoms with Crippen LogP contribution in [0.1, 0.15) is 24.0 Å². The summed E-state index contributed by atoms with van der Waals surface area (Å²) in [5.74, 6) is 1.09. The molecule has 5 nitrogen and oxygen atoms in total. The maximum absolute atomic E-state index is 10.9. The summed E-state index contributed by atoms with van der Waals surface area (Å²) in [4.78, 5) is 2.55. The second-order valence-corrected chi connectivity index (χ2v) is 7.54. The minimum absolute atomic E-state index is 0.0725. The maximum atomic E-state index is 10.9. The number of hydrogen-bond acceptors (Lipinski definition) is 5. The summed E-state index contributed by atoms with van der Waals surface area (Å²) in [5.41, 5.74) is 2.57. The van der Waals surface area contributed by atoms with Crippen LogP contribution in [-0.2, 0) is 13.0 Å². The fourth-order valence-corrected chi connectivity index (χ4v) is 4.96. The topological polar surface area (TPSA) is 62.2 Å². The van der Waals surface area contributed by atoms with Gasteiger partial charge >= 0.3 is 0 Å². The predicted octanol–water partition coefficient (Wildman–Crippen LogP) is 3.94. The van der Waals surface area contributed by atoms with E-state index in [-0.39, 0.29) is 11.5 Å². The van der Waals surface area contributed by atoms with Gasteiger partial charge in [0.05, 0.1) is 14.2 Å². The van der Waals surface area contributed by atoms with Gasteiger partial charge < -0.3 is 19.7 Å². The van der Waals surface area contributed by atoms with Crippen LogP contribution in [-0.4, -0.2) is 41.9 Å². The third kappa shape index (κ3) is 2.28. The average Bonchev–Trinajstić information content (AvgIpc) is 3.14. The van der Waals surface area contributed by atoms with E-state index < -0.39 is 0 Å². The van der Waals surface area contributed by atoms with Crippen molar-refractivity contribution in [1.29, 1.82) is 0 Å². The van der Waals surface area contributed by atoms with Crippen molar-refractivity contribution < 1.29 is 19.7 Å². The molecule has 1 saturated heterocycles. The molecule has 2 aliphatic heterocycles. The fourth-order valence-electron chi connectivity index (χ4n) is 4.96. The Balaban J connectivity index is 1.93. The molecule has 2 aliphatic rings. The van der Waals surface area contributed by atoms with Crippen molar-refractivity contribution >= 4 is 21.5 Å². The normalized spacial score (nSPS) is 19.3. The number of fused-ring (bicyclic) bond motifs is 7. The quantitative estimate of drug-likeness (QED) is 0.674. The highest BCUT2D eigenvalue weighted by atomic mass is 16.5. The van der Waals surface area contributed by atoms with Gasteiger partial charge in [-0.1, -0.05) is 6.07 Å². The van der Waals surface area contributed by atoms with Crippen molar-refractivity contribution in [1.82, 2.24) is 4.90 Å². The largest absolute Gasteiger partial charge is 0.504 e. The number of phenols is 2. The van der Waals surface area contributed by atoms with Crippen LogP contribution in [0.25, 0.3) is 21.5 Å². The minimum Gasteiger partial charge on any atom is -0.504 e. The molecule has 2 N–H and O–H groups in total. The molecule has 0 aliphatic carbocycles. The van der Waals surface area contributed by atoms with Gasteiger partial charge in [0.2, 0.25) is 0 Å². The molecule has 3 aromatic carbocycles. The number of ether oxygens (including phenoxy) is 2. The first-order chi connectivity index (χ1) is 13.1. The Labute approximate surface area is 157 Å². The summed E-state index contributed by atoms with van der Waals surface area (Å²) in [5, 5.41) is 24.9. The summed E-state index contributed by atoms with van der Waals surface area (Å²) in [7, 11) is 3.11. The molecule has 1 unspecified atom stereocenters. The van der Waals surface area contributed by atoms with Gasteiger partial charge in [-0.3, -0.25) is 4.90 Å². The third-order valence-corrected chi connectivity index (χ3v) is 6.26. The fraction of sp³-hybridized carbons (Fsp3) is 0.364. The maximum Gasteiger partial charge on any atom is 0.166 e. The van der Waals surface area contributed by atoms with Crippen molar-refractivity contribution in [2.75, 3.05) is 20.8 Å². The van der Waals surface area contributed by atoms with E-state index in [1.165, 1.54) is 24.0 Å². The highest BCUT2D eigenvalue weighted by Crippen LogP contribution is 2.47. The van der Waals surface area contributed by atoms with Gasteiger partial charge in [0.25, 0.3) is 0 Å². The molecule has 0 amide bonds. The van der Waals surface area contributed by atoms with Gasteiger partial charge in [-0.15, -0.1) is 0 Å². The average molecular weight is 365 g/mol. The number of phenolic OH excluding ortho intramolecular Hbond substituents is 2. The molecule has 0 radical (unpaired) electrons. The zero-order valence-corrected chi connectivity index (χ0v) is 15.6. The van der Waals surface area contributed by atoms with Crippen LogP contribution >= 0.6 is 0 Å². The van der Waals surface area contributed by atoms with E-state index in [2.05, 4.69) is 4.90 Å². The molecule has 140 valence electrons. The van der Waals surface area contributed by atoms with E-state index in [1.54, 1.807) is 20.3 Å². The molecule has 0 saturated carbocycles. The predicted molar refractivity (Wildman–Crippen MR) is 105 cm³/mol. The van der Waals surface area contributed by atoms with Crippen LogP contribution in [0.5, 0.6) is 23.0 Å². The van der Waals surface area contributed by atoms with Crippen LogP contribution in [0.15, 0.2) is 24.3 Å².